The molecule has 0 saturated carbocycles. The van der Waals surface area contributed by atoms with E-state index in [-0.39, 0.29) is 17.5 Å². The molecule has 0 aromatic heterocycles. The summed E-state index contributed by atoms with van der Waals surface area (Å²) in [6.07, 6.45) is 1.06. The Labute approximate surface area is 121 Å². The van der Waals surface area contributed by atoms with Crippen molar-refractivity contribution in [1.29, 1.82) is 0 Å². The predicted molar refractivity (Wildman–Crippen MR) is 81.6 cm³/mol. The van der Waals surface area contributed by atoms with Crippen LogP contribution in [0.3, 0.4) is 0 Å². The van der Waals surface area contributed by atoms with Crippen molar-refractivity contribution in [2.75, 3.05) is 19.6 Å². The fourth-order valence-electron chi connectivity index (χ4n) is 2.70. The molecule has 1 heterocycles. The summed E-state index contributed by atoms with van der Waals surface area (Å²) in [5.41, 5.74) is 2.43. The van der Waals surface area contributed by atoms with E-state index in [2.05, 4.69) is 41.9 Å². The first-order chi connectivity index (χ1) is 9.50. The van der Waals surface area contributed by atoms with E-state index in [1.807, 2.05) is 19.1 Å². The van der Waals surface area contributed by atoms with Crippen molar-refractivity contribution in [2.24, 2.45) is 0 Å². The van der Waals surface area contributed by atoms with Gasteiger partial charge in [0.2, 0.25) is 5.91 Å². The fraction of sp³-hybridized carbons (Fsp3) is 0.562. The van der Waals surface area contributed by atoms with Crippen LogP contribution in [0.2, 0.25) is 0 Å². The summed E-state index contributed by atoms with van der Waals surface area (Å²) < 4.78 is 0. The highest BCUT2D eigenvalue weighted by Crippen LogP contribution is 2.16. The first-order valence-electron chi connectivity index (χ1n) is 7.31. The summed E-state index contributed by atoms with van der Waals surface area (Å²) in [5, 5.41) is 9.73. The highest BCUT2D eigenvalue weighted by Gasteiger charge is 2.28. The number of benzene rings is 1. The third kappa shape index (κ3) is 3.81. The van der Waals surface area contributed by atoms with Crippen LogP contribution >= 0.6 is 0 Å². The molecular formula is C16H25N3O. The topological polar surface area (TPSA) is 53.2 Å². The van der Waals surface area contributed by atoms with Gasteiger partial charge in [-0.1, -0.05) is 24.3 Å². The van der Waals surface area contributed by atoms with Crippen molar-refractivity contribution in [3.05, 3.63) is 35.4 Å². The molecule has 2 rings (SSSR count). The molecule has 4 nitrogen and oxygen atoms in total. The summed E-state index contributed by atoms with van der Waals surface area (Å²) in [5.74, 6) is 0.0499. The number of carbonyl (C=O) groups excluding carboxylic acids is 1. The van der Waals surface area contributed by atoms with Gasteiger partial charge in [-0.25, -0.2) is 0 Å². The molecule has 1 amide bonds. The van der Waals surface area contributed by atoms with E-state index >= 15 is 0 Å². The summed E-state index contributed by atoms with van der Waals surface area (Å²) in [7, 11) is 0. The van der Waals surface area contributed by atoms with E-state index in [0.717, 1.165) is 19.5 Å². The zero-order chi connectivity index (χ0) is 14.6. The van der Waals surface area contributed by atoms with Crippen molar-refractivity contribution in [3.63, 3.8) is 0 Å². The molecule has 1 fully saturated rings. The molecule has 0 radical (unpaired) electrons. The third-order valence-corrected chi connectivity index (χ3v) is 4.08. The number of aryl methyl sites for hydroxylation is 1. The van der Waals surface area contributed by atoms with E-state index < -0.39 is 0 Å². The molecule has 1 aliphatic rings. The molecular weight excluding hydrogens is 250 g/mol. The summed E-state index contributed by atoms with van der Waals surface area (Å²) in [6, 6.07) is 8.20. The van der Waals surface area contributed by atoms with Crippen LogP contribution in [-0.4, -0.2) is 31.1 Å². The summed E-state index contributed by atoms with van der Waals surface area (Å²) in [4.78, 5) is 12.0. The van der Waals surface area contributed by atoms with Crippen molar-refractivity contribution in [3.8, 4) is 0 Å². The lowest BCUT2D eigenvalue weighted by atomic mass is 10.0. The van der Waals surface area contributed by atoms with E-state index in [0.29, 0.717) is 6.54 Å². The van der Waals surface area contributed by atoms with Gasteiger partial charge in [0.25, 0.3) is 0 Å². The van der Waals surface area contributed by atoms with Gasteiger partial charge >= 0.3 is 0 Å². The molecule has 2 atom stereocenters. The number of nitrogens with one attached hydrogen (secondary N) is 3. The molecule has 1 saturated heterocycles. The van der Waals surface area contributed by atoms with E-state index in [9.17, 15) is 4.79 Å². The largest absolute Gasteiger partial charge is 0.348 e. The Morgan fingerprint density at radius 1 is 1.45 bits per heavy atom. The lowest BCUT2D eigenvalue weighted by Crippen LogP contribution is -2.48. The molecule has 1 aromatic rings. The van der Waals surface area contributed by atoms with Crippen LogP contribution in [-0.2, 0) is 4.79 Å². The maximum absolute atomic E-state index is 12.0. The molecule has 20 heavy (non-hydrogen) atoms. The molecule has 0 aliphatic carbocycles. The first kappa shape index (κ1) is 15.0. The summed E-state index contributed by atoms with van der Waals surface area (Å²) in [6.45, 7) is 8.57. The number of carbonyl (C=O) groups is 1. The van der Waals surface area contributed by atoms with Crippen LogP contribution in [0.5, 0.6) is 0 Å². The van der Waals surface area contributed by atoms with Gasteiger partial charge in [-0.3, -0.25) is 4.79 Å². The van der Waals surface area contributed by atoms with Crippen LogP contribution < -0.4 is 16.0 Å². The number of hydrogen-bond donors (Lipinski definition) is 3. The number of hydrogen-bond acceptors (Lipinski definition) is 3. The number of amides is 1. The molecule has 110 valence electrons. The second kappa shape index (κ2) is 6.37. The zero-order valence-electron chi connectivity index (χ0n) is 12.6. The van der Waals surface area contributed by atoms with E-state index in [4.69, 9.17) is 0 Å². The quantitative estimate of drug-likeness (QED) is 0.763. The van der Waals surface area contributed by atoms with E-state index in [1.165, 1.54) is 11.1 Å². The maximum atomic E-state index is 12.0. The monoisotopic (exact) mass is 275 g/mol. The Kier molecular flexibility index (Phi) is 4.78. The molecule has 0 spiro atoms. The van der Waals surface area contributed by atoms with Crippen molar-refractivity contribution in [1.82, 2.24) is 16.0 Å². The van der Waals surface area contributed by atoms with Crippen molar-refractivity contribution >= 4 is 5.91 Å². The second-order valence-electron chi connectivity index (χ2n) is 5.99. The smallest absolute Gasteiger partial charge is 0.234 e. The molecule has 3 N–H and O–H groups in total. The Balaban J connectivity index is 1.84. The van der Waals surface area contributed by atoms with Gasteiger partial charge in [0.15, 0.2) is 0 Å². The Hall–Kier alpha value is -1.39. The fourth-order valence-corrected chi connectivity index (χ4v) is 2.70. The Bertz CT molecular complexity index is 467. The lowest BCUT2D eigenvalue weighted by Gasteiger charge is -2.25. The van der Waals surface area contributed by atoms with Crippen LogP contribution in [0.25, 0.3) is 0 Å². The molecule has 0 bridgehead atoms. The maximum Gasteiger partial charge on any atom is 0.234 e. The van der Waals surface area contributed by atoms with Crippen LogP contribution in [0.15, 0.2) is 24.3 Å². The van der Waals surface area contributed by atoms with Crippen LogP contribution in [0.4, 0.5) is 0 Å². The highest BCUT2D eigenvalue weighted by molar-refractivity contribution is 5.78. The molecule has 1 aliphatic heterocycles. The van der Waals surface area contributed by atoms with Crippen molar-refractivity contribution < 1.29 is 4.79 Å². The Morgan fingerprint density at radius 2 is 2.20 bits per heavy atom. The minimum absolute atomic E-state index is 0.0417. The highest BCUT2D eigenvalue weighted by atomic mass is 16.2. The minimum atomic E-state index is 0.0417. The minimum Gasteiger partial charge on any atom is -0.348 e. The van der Waals surface area contributed by atoms with Gasteiger partial charge in [0.05, 0.1) is 12.6 Å². The van der Waals surface area contributed by atoms with Gasteiger partial charge in [0.1, 0.15) is 0 Å². The molecule has 2 unspecified atom stereocenters. The van der Waals surface area contributed by atoms with Gasteiger partial charge < -0.3 is 16.0 Å². The van der Waals surface area contributed by atoms with E-state index in [1.54, 1.807) is 0 Å². The predicted octanol–water partition coefficient (Wildman–Crippen LogP) is 1.51. The Morgan fingerprint density at radius 3 is 2.85 bits per heavy atom. The average Bonchev–Trinajstić information content (AvgIpc) is 2.84. The molecule has 1 aromatic carbocycles. The van der Waals surface area contributed by atoms with Gasteiger partial charge in [0, 0.05) is 12.1 Å². The van der Waals surface area contributed by atoms with Crippen LogP contribution in [0.1, 0.15) is 37.4 Å². The standard InChI is InChI=1S/C16H25N3O/c1-12-6-4-5-7-14(12)13(2)19-15(20)10-18-16(3)8-9-17-11-16/h4-7,13,17-18H,8-11H2,1-3H3,(H,19,20). The van der Waals surface area contributed by atoms with Crippen LogP contribution in [0, 0.1) is 6.92 Å². The first-order valence-corrected chi connectivity index (χ1v) is 7.31. The molecule has 4 heteroatoms. The van der Waals surface area contributed by atoms with Gasteiger partial charge in [-0.05, 0) is 44.9 Å². The van der Waals surface area contributed by atoms with Crippen molar-refractivity contribution in [2.45, 2.75) is 38.8 Å². The third-order valence-electron chi connectivity index (χ3n) is 4.08. The zero-order valence-corrected chi connectivity index (χ0v) is 12.6. The second-order valence-corrected chi connectivity index (χ2v) is 5.99. The average molecular weight is 275 g/mol. The SMILES string of the molecule is Cc1ccccc1C(C)NC(=O)CNC1(C)CCNC1. The van der Waals surface area contributed by atoms with Gasteiger partial charge in [-0.2, -0.15) is 0 Å². The van der Waals surface area contributed by atoms with Gasteiger partial charge in [-0.15, -0.1) is 0 Å². The summed E-state index contributed by atoms with van der Waals surface area (Å²) >= 11 is 0. The lowest BCUT2D eigenvalue weighted by molar-refractivity contribution is -0.121. The number of rotatable bonds is 5. The normalized spacial score (nSPS) is 23.6.